The highest BCUT2D eigenvalue weighted by atomic mass is 16.5. The predicted octanol–water partition coefficient (Wildman–Crippen LogP) is 1.86. The van der Waals surface area contributed by atoms with Gasteiger partial charge in [0.05, 0.1) is 13.6 Å². The maximum atomic E-state index is 11.9. The van der Waals surface area contributed by atoms with Crippen LogP contribution < -0.4 is 0 Å². The zero-order valence-corrected chi connectivity index (χ0v) is 7.81. The quantitative estimate of drug-likeness (QED) is 0.486. The molecule has 0 saturated carbocycles. The molecule has 3 nitrogen and oxygen atoms in total. The lowest BCUT2D eigenvalue weighted by Gasteiger charge is -2.40. The third-order valence-electron chi connectivity index (χ3n) is 2.81. The maximum absolute atomic E-state index is 11.9. The van der Waals surface area contributed by atoms with Gasteiger partial charge in [0, 0.05) is 30.8 Å². The number of likely N-dealkylation sites (tertiary alicyclic amines) is 1. The number of aromatic nitrogens is 1. The molecule has 0 amide bonds. The number of quaternary nitrogens is 1. The van der Waals surface area contributed by atoms with Crippen molar-refractivity contribution in [1.82, 2.24) is 4.98 Å². The molecule has 0 N–H and O–H groups in total. The molecule has 2 heterocycles. The van der Waals surface area contributed by atoms with E-state index in [1.54, 1.807) is 13.2 Å². The molecule has 1 aromatic heterocycles. The first kappa shape index (κ1) is 8.66. The monoisotopic (exact) mass is 178 g/mol. The standard InChI is InChI=1S/C10H14N2O/c1-12(13)7-3-5-10(12)9-4-2-6-11-8-9/h2,4,6,8,10H,3,5,7H2,1H3. The minimum absolute atomic E-state index is 0.105. The van der Waals surface area contributed by atoms with Gasteiger partial charge in [0.15, 0.2) is 0 Å². The lowest BCUT2D eigenvalue weighted by molar-refractivity contribution is -0.878. The van der Waals surface area contributed by atoms with E-state index in [0.29, 0.717) is 0 Å². The second-order valence-corrected chi connectivity index (χ2v) is 3.84. The highest BCUT2D eigenvalue weighted by molar-refractivity contribution is 5.12. The minimum Gasteiger partial charge on any atom is -0.633 e. The van der Waals surface area contributed by atoms with Crippen LogP contribution in [0.2, 0.25) is 0 Å². The minimum atomic E-state index is -0.133. The van der Waals surface area contributed by atoms with Gasteiger partial charge in [0.2, 0.25) is 0 Å². The van der Waals surface area contributed by atoms with Gasteiger partial charge < -0.3 is 9.85 Å². The largest absolute Gasteiger partial charge is 0.633 e. The van der Waals surface area contributed by atoms with Gasteiger partial charge >= 0.3 is 0 Å². The van der Waals surface area contributed by atoms with Crippen molar-refractivity contribution in [3.05, 3.63) is 35.3 Å². The molecular weight excluding hydrogens is 164 g/mol. The number of rotatable bonds is 1. The Hall–Kier alpha value is -0.930. The molecule has 2 unspecified atom stereocenters. The highest BCUT2D eigenvalue weighted by Crippen LogP contribution is 2.35. The third-order valence-corrected chi connectivity index (χ3v) is 2.81. The average molecular weight is 178 g/mol. The molecule has 1 aliphatic heterocycles. The zero-order valence-electron chi connectivity index (χ0n) is 7.81. The van der Waals surface area contributed by atoms with E-state index in [0.717, 1.165) is 24.9 Å². The molecule has 0 aliphatic carbocycles. The van der Waals surface area contributed by atoms with Gasteiger partial charge in [-0.1, -0.05) is 6.07 Å². The van der Waals surface area contributed by atoms with Crippen LogP contribution in [0.1, 0.15) is 24.4 Å². The Morgan fingerprint density at radius 1 is 1.62 bits per heavy atom. The van der Waals surface area contributed by atoms with E-state index >= 15 is 0 Å². The Kier molecular flexibility index (Phi) is 2.06. The lowest BCUT2D eigenvalue weighted by atomic mass is 10.1. The summed E-state index contributed by atoms with van der Waals surface area (Å²) in [6.45, 7) is 0.736. The van der Waals surface area contributed by atoms with Crippen molar-refractivity contribution in [2.45, 2.75) is 18.9 Å². The van der Waals surface area contributed by atoms with Crippen LogP contribution in [0.5, 0.6) is 0 Å². The number of pyridine rings is 1. The molecule has 2 atom stereocenters. The summed E-state index contributed by atoms with van der Waals surface area (Å²) < 4.78 is -0.133. The number of hydrogen-bond acceptors (Lipinski definition) is 2. The van der Waals surface area contributed by atoms with Crippen LogP contribution in [-0.2, 0) is 0 Å². The van der Waals surface area contributed by atoms with Crippen molar-refractivity contribution >= 4 is 0 Å². The van der Waals surface area contributed by atoms with Gasteiger partial charge in [0.1, 0.15) is 6.04 Å². The Morgan fingerprint density at radius 2 is 2.46 bits per heavy atom. The molecule has 0 spiro atoms. The molecule has 70 valence electrons. The Labute approximate surface area is 78.2 Å². The SMILES string of the molecule is C[N+]1([O-])CCCC1c1cccnc1. The van der Waals surface area contributed by atoms with Crippen molar-refractivity contribution < 1.29 is 4.65 Å². The van der Waals surface area contributed by atoms with Crippen LogP contribution in [0.4, 0.5) is 0 Å². The number of hydrogen-bond donors (Lipinski definition) is 0. The first-order valence-corrected chi connectivity index (χ1v) is 4.66. The Morgan fingerprint density at radius 3 is 3.00 bits per heavy atom. The van der Waals surface area contributed by atoms with Crippen molar-refractivity contribution in [2.75, 3.05) is 13.6 Å². The molecule has 3 heteroatoms. The molecule has 13 heavy (non-hydrogen) atoms. The van der Waals surface area contributed by atoms with Crippen molar-refractivity contribution in [1.29, 1.82) is 0 Å². The van der Waals surface area contributed by atoms with Gasteiger partial charge in [-0.05, 0) is 6.07 Å². The van der Waals surface area contributed by atoms with Gasteiger partial charge in [-0.3, -0.25) is 4.98 Å². The van der Waals surface area contributed by atoms with Crippen LogP contribution in [-0.4, -0.2) is 23.2 Å². The summed E-state index contributed by atoms with van der Waals surface area (Å²) in [5.41, 5.74) is 1.08. The molecule has 0 radical (unpaired) electrons. The van der Waals surface area contributed by atoms with Crippen molar-refractivity contribution in [2.24, 2.45) is 0 Å². The first-order chi connectivity index (χ1) is 6.20. The fourth-order valence-electron chi connectivity index (χ4n) is 2.08. The van der Waals surface area contributed by atoms with Gasteiger partial charge in [-0.2, -0.15) is 0 Å². The molecule has 1 aliphatic rings. The van der Waals surface area contributed by atoms with Gasteiger partial charge in [0.25, 0.3) is 0 Å². The molecule has 0 aromatic carbocycles. The van der Waals surface area contributed by atoms with Crippen molar-refractivity contribution in [3.63, 3.8) is 0 Å². The molecule has 1 saturated heterocycles. The zero-order chi connectivity index (χ0) is 9.31. The Balaban J connectivity index is 2.27. The van der Waals surface area contributed by atoms with E-state index in [9.17, 15) is 5.21 Å². The third kappa shape index (κ3) is 1.57. The van der Waals surface area contributed by atoms with E-state index < -0.39 is 0 Å². The topological polar surface area (TPSA) is 36.0 Å². The van der Waals surface area contributed by atoms with Crippen LogP contribution >= 0.6 is 0 Å². The molecule has 0 bridgehead atoms. The van der Waals surface area contributed by atoms with Crippen LogP contribution in [0.3, 0.4) is 0 Å². The fraction of sp³-hybridized carbons (Fsp3) is 0.500. The summed E-state index contributed by atoms with van der Waals surface area (Å²) in [6.07, 6.45) is 5.57. The normalized spacial score (nSPS) is 33.5. The van der Waals surface area contributed by atoms with Gasteiger partial charge in [-0.15, -0.1) is 0 Å². The van der Waals surface area contributed by atoms with E-state index in [2.05, 4.69) is 4.98 Å². The summed E-state index contributed by atoms with van der Waals surface area (Å²) in [4.78, 5) is 4.05. The van der Waals surface area contributed by atoms with E-state index in [1.165, 1.54) is 0 Å². The average Bonchev–Trinajstić information content (AvgIpc) is 2.47. The van der Waals surface area contributed by atoms with E-state index in [1.807, 2.05) is 18.3 Å². The second kappa shape index (κ2) is 3.09. The predicted molar refractivity (Wildman–Crippen MR) is 50.6 cm³/mol. The molecule has 1 fully saturated rings. The Bertz CT molecular complexity index is 284. The highest BCUT2D eigenvalue weighted by Gasteiger charge is 2.32. The number of nitrogens with zero attached hydrogens (tertiary/aromatic N) is 2. The summed E-state index contributed by atoms with van der Waals surface area (Å²) in [5, 5.41) is 11.9. The molecule has 2 rings (SSSR count). The number of hydroxylamine groups is 3. The van der Waals surface area contributed by atoms with Crippen LogP contribution in [0.25, 0.3) is 0 Å². The van der Waals surface area contributed by atoms with Crippen LogP contribution in [0, 0.1) is 5.21 Å². The van der Waals surface area contributed by atoms with Crippen LogP contribution in [0.15, 0.2) is 24.5 Å². The maximum Gasteiger partial charge on any atom is 0.116 e. The summed E-state index contributed by atoms with van der Waals surface area (Å²) in [5.74, 6) is 0. The lowest BCUT2D eigenvalue weighted by Crippen LogP contribution is -2.36. The van der Waals surface area contributed by atoms with E-state index in [-0.39, 0.29) is 10.7 Å². The van der Waals surface area contributed by atoms with E-state index in [4.69, 9.17) is 0 Å². The van der Waals surface area contributed by atoms with Crippen molar-refractivity contribution in [3.8, 4) is 0 Å². The summed E-state index contributed by atoms with van der Waals surface area (Å²) in [7, 11) is 1.75. The fourth-order valence-corrected chi connectivity index (χ4v) is 2.08. The second-order valence-electron chi connectivity index (χ2n) is 3.84. The van der Waals surface area contributed by atoms with Gasteiger partial charge in [-0.25, -0.2) is 0 Å². The summed E-state index contributed by atoms with van der Waals surface area (Å²) >= 11 is 0. The summed E-state index contributed by atoms with van der Waals surface area (Å²) in [6, 6.07) is 4.00. The smallest absolute Gasteiger partial charge is 0.116 e. The molecule has 1 aromatic rings. The first-order valence-electron chi connectivity index (χ1n) is 4.66. The molecular formula is C10H14N2O.